The SMILES string of the molecule is O=C(O)[C@@H]1CN(C(=O)[C@@H]2C[C@@H]2c2cccc(Br)c2)CCO1. The van der Waals surface area contributed by atoms with Crippen molar-refractivity contribution in [2.45, 2.75) is 18.4 Å². The third-order valence-corrected chi connectivity index (χ3v) is 4.53. The molecule has 1 aromatic carbocycles. The van der Waals surface area contributed by atoms with Crippen molar-refractivity contribution >= 4 is 27.8 Å². The lowest BCUT2D eigenvalue weighted by Gasteiger charge is -2.31. The average molecular weight is 354 g/mol. The van der Waals surface area contributed by atoms with E-state index in [4.69, 9.17) is 9.84 Å². The Labute approximate surface area is 131 Å². The summed E-state index contributed by atoms with van der Waals surface area (Å²) in [7, 11) is 0. The summed E-state index contributed by atoms with van der Waals surface area (Å²) in [5.41, 5.74) is 1.16. The summed E-state index contributed by atoms with van der Waals surface area (Å²) in [5.74, 6) is -0.727. The summed E-state index contributed by atoms with van der Waals surface area (Å²) in [6, 6.07) is 8.00. The van der Waals surface area contributed by atoms with Crippen molar-refractivity contribution in [3.8, 4) is 0 Å². The minimum Gasteiger partial charge on any atom is -0.479 e. The van der Waals surface area contributed by atoms with Crippen molar-refractivity contribution in [2.24, 2.45) is 5.92 Å². The fourth-order valence-corrected chi connectivity index (χ4v) is 3.22. The highest BCUT2D eigenvalue weighted by Crippen LogP contribution is 2.49. The quantitative estimate of drug-likeness (QED) is 0.900. The second-order valence-corrected chi connectivity index (χ2v) is 6.40. The number of rotatable bonds is 3. The number of carboxylic acid groups (broad SMARTS) is 1. The average Bonchev–Trinajstić information content (AvgIpc) is 3.27. The van der Waals surface area contributed by atoms with Gasteiger partial charge >= 0.3 is 5.97 Å². The molecule has 1 amide bonds. The van der Waals surface area contributed by atoms with Gasteiger partial charge in [0.1, 0.15) is 0 Å². The van der Waals surface area contributed by atoms with Gasteiger partial charge in [0.05, 0.1) is 13.2 Å². The maximum absolute atomic E-state index is 12.5. The predicted molar refractivity (Wildman–Crippen MR) is 78.9 cm³/mol. The summed E-state index contributed by atoms with van der Waals surface area (Å²) in [5, 5.41) is 8.98. The van der Waals surface area contributed by atoms with Crippen LogP contribution in [0.5, 0.6) is 0 Å². The van der Waals surface area contributed by atoms with Gasteiger partial charge < -0.3 is 14.7 Å². The van der Waals surface area contributed by atoms with Gasteiger partial charge in [-0.15, -0.1) is 0 Å². The van der Waals surface area contributed by atoms with Gasteiger partial charge in [-0.05, 0) is 30.0 Å². The maximum atomic E-state index is 12.5. The van der Waals surface area contributed by atoms with Crippen LogP contribution in [0.3, 0.4) is 0 Å². The zero-order chi connectivity index (χ0) is 15.0. The fraction of sp³-hybridized carbons (Fsp3) is 0.467. The molecule has 112 valence electrons. The van der Waals surface area contributed by atoms with Gasteiger partial charge in [-0.25, -0.2) is 4.79 Å². The molecule has 1 N–H and O–H groups in total. The summed E-state index contributed by atoms with van der Waals surface area (Å²) in [6.07, 6.45) is -0.0598. The van der Waals surface area contributed by atoms with Crippen molar-refractivity contribution in [2.75, 3.05) is 19.7 Å². The van der Waals surface area contributed by atoms with E-state index in [1.807, 2.05) is 24.3 Å². The molecule has 3 rings (SSSR count). The number of ether oxygens (including phenoxy) is 1. The molecular weight excluding hydrogens is 338 g/mol. The van der Waals surface area contributed by atoms with Gasteiger partial charge in [-0.3, -0.25) is 4.79 Å². The van der Waals surface area contributed by atoms with E-state index in [0.29, 0.717) is 6.54 Å². The molecule has 0 bridgehead atoms. The van der Waals surface area contributed by atoms with Gasteiger partial charge in [0, 0.05) is 16.9 Å². The number of benzene rings is 1. The van der Waals surface area contributed by atoms with Gasteiger partial charge in [0.25, 0.3) is 0 Å². The molecule has 1 aliphatic carbocycles. The smallest absolute Gasteiger partial charge is 0.334 e. The topological polar surface area (TPSA) is 66.8 Å². The van der Waals surface area contributed by atoms with Crippen molar-refractivity contribution < 1.29 is 19.4 Å². The van der Waals surface area contributed by atoms with Crippen LogP contribution in [0, 0.1) is 5.92 Å². The highest BCUT2D eigenvalue weighted by molar-refractivity contribution is 9.10. The molecular formula is C15H16BrNO4. The second-order valence-electron chi connectivity index (χ2n) is 5.49. The van der Waals surface area contributed by atoms with Crippen LogP contribution in [0.4, 0.5) is 0 Å². The highest BCUT2D eigenvalue weighted by Gasteiger charge is 2.46. The van der Waals surface area contributed by atoms with Gasteiger partial charge in [-0.1, -0.05) is 28.1 Å². The molecule has 1 saturated carbocycles. The Morgan fingerprint density at radius 3 is 2.90 bits per heavy atom. The zero-order valence-corrected chi connectivity index (χ0v) is 13.0. The van der Waals surface area contributed by atoms with Gasteiger partial charge in [0.2, 0.25) is 5.91 Å². The first-order valence-electron chi connectivity index (χ1n) is 6.95. The first kappa shape index (κ1) is 14.5. The molecule has 3 atom stereocenters. The van der Waals surface area contributed by atoms with Crippen molar-refractivity contribution in [1.29, 1.82) is 0 Å². The lowest BCUT2D eigenvalue weighted by molar-refractivity contribution is -0.159. The van der Waals surface area contributed by atoms with Gasteiger partial charge in [0.15, 0.2) is 6.10 Å². The normalized spacial score (nSPS) is 28.2. The molecule has 21 heavy (non-hydrogen) atoms. The number of hydrogen-bond donors (Lipinski definition) is 1. The minimum absolute atomic E-state index is 0.0214. The standard InChI is InChI=1S/C15H16BrNO4/c16-10-3-1-2-9(6-10)11-7-12(11)14(18)17-4-5-21-13(8-17)15(19)20/h1-3,6,11-13H,4-5,7-8H2,(H,19,20)/t11-,12-,13+/m1/s1. The lowest BCUT2D eigenvalue weighted by Crippen LogP contribution is -2.49. The fourth-order valence-electron chi connectivity index (χ4n) is 2.81. The molecule has 0 radical (unpaired) electrons. The lowest BCUT2D eigenvalue weighted by atomic mass is 10.1. The molecule has 0 spiro atoms. The monoisotopic (exact) mass is 353 g/mol. The number of aliphatic carboxylic acids is 1. The van der Waals surface area contributed by atoms with Crippen LogP contribution in [-0.4, -0.2) is 47.7 Å². The Balaban J connectivity index is 1.63. The molecule has 1 heterocycles. The van der Waals surface area contributed by atoms with Crippen LogP contribution in [0.25, 0.3) is 0 Å². The van der Waals surface area contributed by atoms with E-state index in [0.717, 1.165) is 16.5 Å². The number of hydrogen-bond acceptors (Lipinski definition) is 3. The molecule has 1 saturated heterocycles. The third-order valence-electron chi connectivity index (χ3n) is 4.04. The van der Waals surface area contributed by atoms with Crippen LogP contribution in [-0.2, 0) is 14.3 Å². The number of nitrogens with zero attached hydrogens (tertiary/aromatic N) is 1. The Bertz CT molecular complexity index is 577. The van der Waals surface area contributed by atoms with E-state index in [2.05, 4.69) is 15.9 Å². The highest BCUT2D eigenvalue weighted by atomic mass is 79.9. The van der Waals surface area contributed by atoms with Gasteiger partial charge in [-0.2, -0.15) is 0 Å². The molecule has 0 aromatic heterocycles. The van der Waals surface area contributed by atoms with Crippen LogP contribution < -0.4 is 0 Å². The van der Waals surface area contributed by atoms with E-state index >= 15 is 0 Å². The Kier molecular flexibility index (Phi) is 3.99. The number of carbonyl (C=O) groups excluding carboxylic acids is 1. The van der Waals surface area contributed by atoms with E-state index in [-0.39, 0.29) is 30.9 Å². The summed E-state index contributed by atoms with van der Waals surface area (Å²) >= 11 is 3.44. The largest absolute Gasteiger partial charge is 0.479 e. The summed E-state index contributed by atoms with van der Waals surface area (Å²) in [6.45, 7) is 0.914. The number of amides is 1. The number of halogens is 1. The molecule has 2 fully saturated rings. The number of carbonyl (C=O) groups is 2. The van der Waals surface area contributed by atoms with E-state index in [1.165, 1.54) is 0 Å². The second kappa shape index (κ2) is 5.77. The summed E-state index contributed by atoms with van der Waals surface area (Å²) in [4.78, 5) is 25.1. The Morgan fingerprint density at radius 2 is 2.19 bits per heavy atom. The molecule has 2 aliphatic rings. The zero-order valence-electron chi connectivity index (χ0n) is 11.4. The van der Waals surface area contributed by atoms with Crippen molar-refractivity contribution in [1.82, 2.24) is 4.90 Å². The van der Waals surface area contributed by atoms with E-state index in [9.17, 15) is 9.59 Å². The molecule has 5 nitrogen and oxygen atoms in total. The van der Waals surface area contributed by atoms with E-state index in [1.54, 1.807) is 4.90 Å². The van der Waals surface area contributed by atoms with Crippen LogP contribution in [0.1, 0.15) is 17.9 Å². The number of carboxylic acids is 1. The van der Waals surface area contributed by atoms with Crippen molar-refractivity contribution in [3.63, 3.8) is 0 Å². The molecule has 1 aliphatic heterocycles. The first-order chi connectivity index (χ1) is 10.1. The Morgan fingerprint density at radius 1 is 1.38 bits per heavy atom. The van der Waals surface area contributed by atoms with Crippen LogP contribution >= 0.6 is 15.9 Å². The predicted octanol–water partition coefficient (Wildman–Crippen LogP) is 1.86. The van der Waals surface area contributed by atoms with Crippen LogP contribution in [0.15, 0.2) is 28.7 Å². The van der Waals surface area contributed by atoms with Crippen molar-refractivity contribution in [3.05, 3.63) is 34.3 Å². The molecule has 6 heteroatoms. The minimum atomic E-state index is -1.01. The van der Waals surface area contributed by atoms with Crippen LogP contribution in [0.2, 0.25) is 0 Å². The Hall–Kier alpha value is -1.40. The third kappa shape index (κ3) is 3.11. The summed E-state index contributed by atoms with van der Waals surface area (Å²) < 4.78 is 6.16. The van der Waals surface area contributed by atoms with E-state index < -0.39 is 12.1 Å². The maximum Gasteiger partial charge on any atom is 0.334 e. The first-order valence-corrected chi connectivity index (χ1v) is 7.74. The molecule has 1 aromatic rings. The molecule has 0 unspecified atom stereocenters. The number of morpholine rings is 1.